The van der Waals surface area contributed by atoms with Gasteiger partial charge >= 0.3 is 0 Å². The second-order valence-corrected chi connectivity index (χ2v) is 4.02. The highest BCUT2D eigenvalue weighted by Crippen LogP contribution is 2.05. The summed E-state index contributed by atoms with van der Waals surface area (Å²) in [5.41, 5.74) is 5.94. The number of hydrogen-bond donors (Lipinski definition) is 3. The van der Waals surface area contributed by atoms with Crippen LogP contribution in [0.4, 0.5) is 0 Å². The van der Waals surface area contributed by atoms with Gasteiger partial charge in [-0.3, -0.25) is 14.6 Å². The van der Waals surface area contributed by atoms with E-state index in [9.17, 15) is 9.59 Å². The van der Waals surface area contributed by atoms with Crippen LogP contribution in [0, 0.1) is 11.8 Å². The van der Waals surface area contributed by atoms with Crippen LogP contribution in [0.3, 0.4) is 0 Å². The summed E-state index contributed by atoms with van der Waals surface area (Å²) < 4.78 is 0. The van der Waals surface area contributed by atoms with Crippen molar-refractivity contribution in [2.45, 2.75) is 19.3 Å². The van der Waals surface area contributed by atoms with Crippen LogP contribution in [0.1, 0.15) is 35.2 Å². The van der Waals surface area contributed by atoms with Gasteiger partial charge in [-0.15, -0.1) is 0 Å². The number of amides is 2. The minimum atomic E-state index is -0.390. The van der Waals surface area contributed by atoms with Crippen molar-refractivity contribution in [3.63, 3.8) is 0 Å². The van der Waals surface area contributed by atoms with E-state index in [1.54, 1.807) is 6.07 Å². The number of carbonyl (C=O) groups is 2. The van der Waals surface area contributed by atoms with Gasteiger partial charge in [0.15, 0.2) is 0 Å². The second-order valence-electron chi connectivity index (χ2n) is 4.02. The Morgan fingerprint density at radius 2 is 2.25 bits per heavy atom. The highest BCUT2D eigenvalue weighted by atomic mass is 16.2. The first kappa shape index (κ1) is 15.7. The van der Waals surface area contributed by atoms with Gasteiger partial charge in [-0.2, -0.15) is 0 Å². The third kappa shape index (κ3) is 5.50. The molecule has 0 unspecified atom stereocenters. The fourth-order valence-electron chi connectivity index (χ4n) is 1.47. The molecule has 106 valence electrons. The number of aliphatic hydroxyl groups excluding tert-OH is 1. The van der Waals surface area contributed by atoms with Crippen molar-refractivity contribution in [1.29, 1.82) is 0 Å². The Kier molecular flexibility index (Phi) is 6.79. The van der Waals surface area contributed by atoms with E-state index in [0.29, 0.717) is 30.5 Å². The van der Waals surface area contributed by atoms with Crippen LogP contribution in [-0.4, -0.2) is 35.1 Å². The molecule has 6 nitrogen and oxygen atoms in total. The topological polar surface area (TPSA) is 105 Å². The van der Waals surface area contributed by atoms with Crippen molar-refractivity contribution >= 4 is 11.8 Å². The van der Waals surface area contributed by atoms with Crippen molar-refractivity contribution in [3.05, 3.63) is 29.6 Å². The molecule has 1 heterocycles. The molecule has 0 aliphatic carbocycles. The average molecular weight is 275 g/mol. The van der Waals surface area contributed by atoms with Crippen LogP contribution in [0.5, 0.6) is 0 Å². The fourth-order valence-corrected chi connectivity index (χ4v) is 1.47. The predicted molar refractivity (Wildman–Crippen MR) is 73.6 cm³/mol. The Balaban J connectivity index is 2.64. The zero-order valence-electron chi connectivity index (χ0n) is 11.1. The number of nitrogens with zero attached hydrogens (tertiary/aromatic N) is 1. The van der Waals surface area contributed by atoms with E-state index in [-0.39, 0.29) is 18.9 Å². The highest BCUT2D eigenvalue weighted by Gasteiger charge is 2.09. The number of rotatable bonds is 6. The van der Waals surface area contributed by atoms with E-state index in [1.165, 1.54) is 12.4 Å². The molecule has 2 amide bonds. The van der Waals surface area contributed by atoms with Gasteiger partial charge < -0.3 is 16.2 Å². The van der Waals surface area contributed by atoms with Crippen LogP contribution >= 0.6 is 0 Å². The summed E-state index contributed by atoms with van der Waals surface area (Å²) in [6.45, 7) is 0.343. The number of carbonyl (C=O) groups excluding carboxylic acids is 2. The first-order valence-corrected chi connectivity index (χ1v) is 6.25. The summed E-state index contributed by atoms with van der Waals surface area (Å²) in [6, 6.07) is 1.58. The summed E-state index contributed by atoms with van der Waals surface area (Å²) in [7, 11) is 0. The molecule has 0 radical (unpaired) electrons. The Hall–Kier alpha value is -2.39. The van der Waals surface area contributed by atoms with Crippen molar-refractivity contribution < 1.29 is 14.7 Å². The van der Waals surface area contributed by atoms with Crippen molar-refractivity contribution in [2.75, 3.05) is 13.2 Å². The molecule has 0 bridgehead atoms. The molecule has 0 aliphatic rings. The molecule has 0 aromatic carbocycles. The summed E-state index contributed by atoms with van der Waals surface area (Å²) in [5, 5.41) is 11.4. The zero-order chi connectivity index (χ0) is 14.8. The minimum Gasteiger partial charge on any atom is -0.395 e. The summed E-state index contributed by atoms with van der Waals surface area (Å²) >= 11 is 0. The molecule has 20 heavy (non-hydrogen) atoms. The van der Waals surface area contributed by atoms with E-state index >= 15 is 0 Å². The van der Waals surface area contributed by atoms with E-state index in [4.69, 9.17) is 10.8 Å². The van der Waals surface area contributed by atoms with E-state index in [1.807, 2.05) is 0 Å². The SMILES string of the molecule is NC(=O)CCCNC(=O)c1ccncc1C#CCCO. The second kappa shape index (κ2) is 8.67. The van der Waals surface area contributed by atoms with Gasteiger partial charge in [-0.25, -0.2) is 0 Å². The van der Waals surface area contributed by atoms with E-state index < -0.39 is 5.91 Å². The maximum atomic E-state index is 12.0. The van der Waals surface area contributed by atoms with Crippen molar-refractivity contribution in [1.82, 2.24) is 10.3 Å². The van der Waals surface area contributed by atoms with Gasteiger partial charge in [0.05, 0.1) is 17.7 Å². The van der Waals surface area contributed by atoms with Gasteiger partial charge in [-0.05, 0) is 12.5 Å². The van der Waals surface area contributed by atoms with Crippen LogP contribution in [0.2, 0.25) is 0 Å². The van der Waals surface area contributed by atoms with E-state index in [0.717, 1.165) is 0 Å². The minimum absolute atomic E-state index is 0.0259. The molecule has 0 saturated heterocycles. The fraction of sp³-hybridized carbons (Fsp3) is 0.357. The molecule has 0 atom stereocenters. The maximum absolute atomic E-state index is 12.0. The number of primary amides is 1. The summed E-state index contributed by atoms with van der Waals surface area (Å²) in [4.78, 5) is 26.5. The number of aliphatic hydroxyl groups is 1. The third-order valence-electron chi connectivity index (χ3n) is 2.41. The summed E-state index contributed by atoms with van der Waals surface area (Å²) in [6.07, 6.45) is 4.09. The Labute approximate surface area is 117 Å². The predicted octanol–water partition coefficient (Wildman–Crippen LogP) is -0.189. The molecule has 0 spiro atoms. The lowest BCUT2D eigenvalue weighted by atomic mass is 10.1. The Bertz CT molecular complexity index is 532. The van der Waals surface area contributed by atoms with Crippen LogP contribution in [-0.2, 0) is 4.79 Å². The van der Waals surface area contributed by atoms with Crippen molar-refractivity contribution in [2.24, 2.45) is 5.73 Å². The molecule has 1 rings (SSSR count). The van der Waals surface area contributed by atoms with Gasteiger partial charge in [0.1, 0.15) is 0 Å². The Morgan fingerprint density at radius 3 is 2.95 bits per heavy atom. The van der Waals surface area contributed by atoms with E-state index in [2.05, 4.69) is 22.1 Å². The maximum Gasteiger partial charge on any atom is 0.252 e. The number of hydrogen-bond acceptors (Lipinski definition) is 4. The van der Waals surface area contributed by atoms with Crippen LogP contribution in [0.25, 0.3) is 0 Å². The zero-order valence-corrected chi connectivity index (χ0v) is 11.1. The lowest BCUT2D eigenvalue weighted by Crippen LogP contribution is -2.26. The molecule has 4 N–H and O–H groups in total. The molecule has 0 aliphatic heterocycles. The molecule has 1 aromatic heterocycles. The van der Waals surface area contributed by atoms with Crippen molar-refractivity contribution in [3.8, 4) is 11.8 Å². The first-order chi connectivity index (χ1) is 9.65. The monoisotopic (exact) mass is 275 g/mol. The summed E-state index contributed by atoms with van der Waals surface area (Å²) in [5.74, 6) is 4.88. The largest absolute Gasteiger partial charge is 0.395 e. The van der Waals surface area contributed by atoms with Crippen LogP contribution < -0.4 is 11.1 Å². The number of nitrogens with two attached hydrogens (primary N) is 1. The van der Waals surface area contributed by atoms with Gasteiger partial charge in [0.2, 0.25) is 5.91 Å². The average Bonchev–Trinajstić information content (AvgIpc) is 2.44. The lowest BCUT2D eigenvalue weighted by Gasteiger charge is -2.05. The van der Waals surface area contributed by atoms with Gasteiger partial charge in [0, 0.05) is 31.8 Å². The molecule has 6 heteroatoms. The quantitative estimate of drug-likeness (QED) is 0.494. The Morgan fingerprint density at radius 1 is 1.45 bits per heavy atom. The number of aromatic nitrogens is 1. The third-order valence-corrected chi connectivity index (χ3v) is 2.41. The molecule has 1 aromatic rings. The highest BCUT2D eigenvalue weighted by molar-refractivity contribution is 5.96. The van der Waals surface area contributed by atoms with Crippen LogP contribution in [0.15, 0.2) is 18.5 Å². The van der Waals surface area contributed by atoms with Gasteiger partial charge in [-0.1, -0.05) is 11.8 Å². The first-order valence-electron chi connectivity index (χ1n) is 6.25. The molecule has 0 saturated carbocycles. The molecular formula is C14H17N3O3. The lowest BCUT2D eigenvalue weighted by molar-refractivity contribution is -0.118. The number of pyridine rings is 1. The normalized spacial score (nSPS) is 9.45. The molecular weight excluding hydrogens is 258 g/mol. The molecule has 0 fully saturated rings. The number of nitrogens with one attached hydrogen (secondary N) is 1. The van der Waals surface area contributed by atoms with Gasteiger partial charge in [0.25, 0.3) is 5.91 Å². The smallest absolute Gasteiger partial charge is 0.252 e. The standard InChI is InChI=1S/C14H17N3O3/c15-13(19)5-3-7-17-14(20)12-6-8-16-10-11(12)4-1-2-9-18/h6,8,10,18H,2-3,5,7,9H2,(H2,15,19)(H,17,20).